The number of hydrogen-bond acceptors (Lipinski definition) is 4. The Morgan fingerprint density at radius 1 is 1.43 bits per heavy atom. The molecule has 2 N–H and O–H groups in total. The van der Waals surface area contributed by atoms with Gasteiger partial charge in [0.2, 0.25) is 0 Å². The highest BCUT2D eigenvalue weighted by molar-refractivity contribution is 7.13. The van der Waals surface area contributed by atoms with Crippen LogP contribution in [0, 0.1) is 5.41 Å². The lowest BCUT2D eigenvalue weighted by molar-refractivity contribution is 0.0931. The summed E-state index contributed by atoms with van der Waals surface area (Å²) in [5.74, 6) is -0.204. The van der Waals surface area contributed by atoms with Crippen molar-refractivity contribution < 1.29 is 9.90 Å². The van der Waals surface area contributed by atoms with Gasteiger partial charge in [-0.1, -0.05) is 29.8 Å². The van der Waals surface area contributed by atoms with Crippen molar-refractivity contribution >= 4 is 28.8 Å². The van der Waals surface area contributed by atoms with Gasteiger partial charge in [0, 0.05) is 22.9 Å². The second-order valence-electron chi connectivity index (χ2n) is 5.36. The molecule has 1 aromatic carbocycles. The topological polar surface area (TPSA) is 62.2 Å². The first-order chi connectivity index (χ1) is 10.1. The fourth-order valence-electron chi connectivity index (χ4n) is 2.06. The molecule has 0 radical (unpaired) electrons. The second kappa shape index (κ2) is 5.75. The van der Waals surface area contributed by atoms with Crippen LogP contribution in [0.4, 0.5) is 0 Å². The number of carbonyl (C=O) groups is 1. The summed E-state index contributed by atoms with van der Waals surface area (Å²) < 4.78 is 0. The number of carbonyl (C=O) groups excluding carboxylic acids is 1. The number of benzene rings is 1. The van der Waals surface area contributed by atoms with Gasteiger partial charge < -0.3 is 10.4 Å². The standard InChI is InChI=1S/C15H15ClN2O2S/c16-11-4-2-1-3-10(11)14-18-12(7-21-14)13(20)17-8-15(9-19)5-6-15/h1-4,7,19H,5-6,8-9H2,(H,17,20). The van der Waals surface area contributed by atoms with E-state index in [1.165, 1.54) is 11.3 Å². The smallest absolute Gasteiger partial charge is 0.270 e. The van der Waals surface area contributed by atoms with Crippen molar-refractivity contribution in [2.24, 2.45) is 5.41 Å². The van der Waals surface area contributed by atoms with E-state index in [2.05, 4.69) is 10.3 Å². The Hall–Kier alpha value is -1.43. The van der Waals surface area contributed by atoms with Crippen LogP contribution in [0.3, 0.4) is 0 Å². The fraction of sp³-hybridized carbons (Fsp3) is 0.333. The minimum Gasteiger partial charge on any atom is -0.396 e. The van der Waals surface area contributed by atoms with Crippen LogP contribution in [-0.2, 0) is 0 Å². The molecule has 3 rings (SSSR count). The summed E-state index contributed by atoms with van der Waals surface area (Å²) in [5, 5.41) is 15.2. The van der Waals surface area contributed by atoms with E-state index in [0.29, 0.717) is 17.3 Å². The molecule has 1 heterocycles. The maximum absolute atomic E-state index is 12.1. The van der Waals surface area contributed by atoms with Crippen molar-refractivity contribution in [1.82, 2.24) is 10.3 Å². The van der Waals surface area contributed by atoms with Crippen LogP contribution < -0.4 is 5.32 Å². The summed E-state index contributed by atoms with van der Waals surface area (Å²) in [6, 6.07) is 7.43. The quantitative estimate of drug-likeness (QED) is 0.889. The number of aliphatic hydroxyl groups excluding tert-OH is 1. The van der Waals surface area contributed by atoms with Crippen molar-refractivity contribution in [3.05, 3.63) is 40.4 Å². The molecule has 1 fully saturated rings. The molecule has 2 aromatic rings. The van der Waals surface area contributed by atoms with E-state index in [-0.39, 0.29) is 17.9 Å². The van der Waals surface area contributed by atoms with E-state index in [0.717, 1.165) is 23.4 Å². The minimum absolute atomic E-state index is 0.1000. The Labute approximate surface area is 131 Å². The molecule has 21 heavy (non-hydrogen) atoms. The number of rotatable bonds is 5. The van der Waals surface area contributed by atoms with Crippen molar-refractivity contribution in [2.75, 3.05) is 13.2 Å². The molecule has 0 bridgehead atoms. The van der Waals surface area contributed by atoms with Crippen LogP contribution in [0.1, 0.15) is 23.3 Å². The molecule has 1 amide bonds. The summed E-state index contributed by atoms with van der Waals surface area (Å²) >= 11 is 7.53. The number of halogens is 1. The maximum atomic E-state index is 12.1. The highest BCUT2D eigenvalue weighted by atomic mass is 35.5. The monoisotopic (exact) mass is 322 g/mol. The van der Waals surface area contributed by atoms with Crippen LogP contribution >= 0.6 is 22.9 Å². The average Bonchev–Trinajstić information content (AvgIpc) is 3.12. The van der Waals surface area contributed by atoms with Gasteiger partial charge in [0.25, 0.3) is 5.91 Å². The third-order valence-electron chi connectivity index (χ3n) is 3.76. The molecular formula is C15H15ClN2O2S. The molecule has 4 nitrogen and oxygen atoms in total. The lowest BCUT2D eigenvalue weighted by Gasteiger charge is -2.11. The van der Waals surface area contributed by atoms with Gasteiger partial charge in [0.1, 0.15) is 10.7 Å². The molecule has 0 atom stereocenters. The zero-order chi connectivity index (χ0) is 14.9. The number of aromatic nitrogens is 1. The fourth-order valence-corrected chi connectivity index (χ4v) is 3.18. The Bertz CT molecular complexity index is 667. The first kappa shape index (κ1) is 14.5. The van der Waals surface area contributed by atoms with E-state index in [9.17, 15) is 9.90 Å². The molecule has 1 saturated carbocycles. The van der Waals surface area contributed by atoms with Gasteiger partial charge >= 0.3 is 0 Å². The number of nitrogens with one attached hydrogen (secondary N) is 1. The van der Waals surface area contributed by atoms with Crippen molar-refractivity contribution in [1.29, 1.82) is 0 Å². The van der Waals surface area contributed by atoms with Crippen molar-refractivity contribution in [2.45, 2.75) is 12.8 Å². The summed E-state index contributed by atoms with van der Waals surface area (Å²) in [5.41, 5.74) is 1.12. The van der Waals surface area contributed by atoms with Gasteiger partial charge in [-0.2, -0.15) is 0 Å². The summed E-state index contributed by atoms with van der Waals surface area (Å²) in [6.07, 6.45) is 1.93. The highest BCUT2D eigenvalue weighted by Crippen LogP contribution is 2.44. The van der Waals surface area contributed by atoms with Gasteiger partial charge in [-0.3, -0.25) is 4.79 Å². The molecule has 0 aliphatic heterocycles. The molecule has 0 spiro atoms. The maximum Gasteiger partial charge on any atom is 0.270 e. The largest absolute Gasteiger partial charge is 0.396 e. The number of hydrogen-bond donors (Lipinski definition) is 2. The van der Waals surface area contributed by atoms with Gasteiger partial charge in [0.05, 0.1) is 11.6 Å². The SMILES string of the molecule is O=C(NCC1(CO)CC1)c1csc(-c2ccccc2Cl)n1. The van der Waals surface area contributed by atoms with Crippen LogP contribution in [0.25, 0.3) is 10.6 Å². The van der Waals surface area contributed by atoms with E-state index in [4.69, 9.17) is 11.6 Å². The molecule has 6 heteroatoms. The molecular weight excluding hydrogens is 308 g/mol. The van der Waals surface area contributed by atoms with Gasteiger partial charge in [-0.25, -0.2) is 4.98 Å². The van der Waals surface area contributed by atoms with E-state index in [1.54, 1.807) is 11.4 Å². The van der Waals surface area contributed by atoms with E-state index in [1.807, 2.05) is 18.2 Å². The molecule has 1 aliphatic rings. The van der Waals surface area contributed by atoms with E-state index >= 15 is 0 Å². The third kappa shape index (κ3) is 3.10. The molecule has 0 unspecified atom stereocenters. The molecule has 1 aromatic heterocycles. The lowest BCUT2D eigenvalue weighted by atomic mass is 10.1. The Morgan fingerprint density at radius 3 is 2.86 bits per heavy atom. The van der Waals surface area contributed by atoms with Crippen molar-refractivity contribution in [3.8, 4) is 10.6 Å². The molecule has 110 valence electrons. The average molecular weight is 323 g/mol. The first-order valence-electron chi connectivity index (χ1n) is 6.73. The normalized spacial score (nSPS) is 15.7. The van der Waals surface area contributed by atoms with E-state index < -0.39 is 0 Å². The minimum atomic E-state index is -0.204. The Balaban J connectivity index is 1.70. The summed E-state index contributed by atoms with van der Waals surface area (Å²) in [6.45, 7) is 0.622. The predicted molar refractivity (Wildman–Crippen MR) is 83.6 cm³/mol. The van der Waals surface area contributed by atoms with Gasteiger partial charge in [-0.05, 0) is 18.9 Å². The van der Waals surface area contributed by atoms with Crippen LogP contribution in [0.15, 0.2) is 29.6 Å². The van der Waals surface area contributed by atoms with Gasteiger partial charge in [0.15, 0.2) is 0 Å². The predicted octanol–water partition coefficient (Wildman–Crippen LogP) is 2.97. The Kier molecular flexibility index (Phi) is 3.97. The van der Waals surface area contributed by atoms with Crippen LogP contribution in [0.2, 0.25) is 5.02 Å². The second-order valence-corrected chi connectivity index (χ2v) is 6.62. The van der Waals surface area contributed by atoms with Crippen LogP contribution in [0.5, 0.6) is 0 Å². The number of aliphatic hydroxyl groups is 1. The molecule has 0 saturated heterocycles. The number of thiazole rings is 1. The Morgan fingerprint density at radius 2 is 2.19 bits per heavy atom. The van der Waals surface area contributed by atoms with Crippen molar-refractivity contribution in [3.63, 3.8) is 0 Å². The highest BCUT2D eigenvalue weighted by Gasteiger charge is 2.42. The third-order valence-corrected chi connectivity index (χ3v) is 4.96. The number of nitrogens with zero attached hydrogens (tertiary/aromatic N) is 1. The summed E-state index contributed by atoms with van der Waals surface area (Å²) in [7, 11) is 0. The zero-order valence-electron chi connectivity index (χ0n) is 11.3. The summed E-state index contributed by atoms with van der Waals surface area (Å²) in [4.78, 5) is 16.4. The first-order valence-corrected chi connectivity index (χ1v) is 7.99. The lowest BCUT2D eigenvalue weighted by Crippen LogP contribution is -2.32. The zero-order valence-corrected chi connectivity index (χ0v) is 12.9. The van der Waals surface area contributed by atoms with Gasteiger partial charge in [-0.15, -0.1) is 11.3 Å². The number of amides is 1. The van der Waals surface area contributed by atoms with Crippen LogP contribution in [-0.4, -0.2) is 29.1 Å². The molecule has 1 aliphatic carbocycles.